The fraction of sp³-hybridized carbons (Fsp3) is 0.389. The summed E-state index contributed by atoms with van der Waals surface area (Å²) in [7, 11) is 0. The summed E-state index contributed by atoms with van der Waals surface area (Å²) >= 11 is 1.28. The molecule has 0 aromatic carbocycles. The van der Waals surface area contributed by atoms with Gasteiger partial charge in [0.05, 0.1) is 17.4 Å². The lowest BCUT2D eigenvalue weighted by Gasteiger charge is -2.21. The molecule has 3 heterocycles. The highest BCUT2D eigenvalue weighted by Gasteiger charge is 2.50. The molecular weight excluding hydrogens is 370 g/mol. The molecule has 0 unspecified atom stereocenters. The third kappa shape index (κ3) is 2.97. The molecule has 0 bridgehead atoms. The molecule has 2 amide bonds. The van der Waals surface area contributed by atoms with Gasteiger partial charge in [0.1, 0.15) is 23.2 Å². The molecule has 4 rings (SSSR count). The van der Waals surface area contributed by atoms with Gasteiger partial charge in [-0.15, -0.1) is 11.3 Å². The van der Waals surface area contributed by atoms with Crippen molar-refractivity contribution in [1.29, 1.82) is 0 Å². The predicted molar refractivity (Wildman–Crippen MR) is 96.7 cm³/mol. The van der Waals surface area contributed by atoms with E-state index >= 15 is 0 Å². The largest absolute Gasteiger partial charge is 0.456 e. The maximum atomic E-state index is 12.5. The fourth-order valence-electron chi connectivity index (χ4n) is 3.56. The van der Waals surface area contributed by atoms with Gasteiger partial charge in [-0.2, -0.15) is 0 Å². The number of hydrogen-bond acceptors (Lipinski definition) is 7. The van der Waals surface area contributed by atoms with Gasteiger partial charge in [0.25, 0.3) is 5.56 Å². The molecule has 2 aromatic rings. The van der Waals surface area contributed by atoms with Gasteiger partial charge in [-0.25, -0.2) is 9.78 Å². The number of rotatable bonds is 4. The number of thiophene rings is 1. The zero-order chi connectivity index (χ0) is 19.1. The molecule has 9 heteroatoms. The lowest BCUT2D eigenvalue weighted by Crippen LogP contribution is -2.44. The van der Waals surface area contributed by atoms with Gasteiger partial charge in [-0.1, -0.05) is 12.2 Å². The third-order valence-electron chi connectivity index (χ3n) is 4.99. The van der Waals surface area contributed by atoms with Crippen molar-refractivity contribution in [3.05, 3.63) is 39.8 Å². The number of allylic oxidation sites excluding steroid dienone is 2. The van der Waals surface area contributed by atoms with Crippen LogP contribution in [0.15, 0.2) is 28.4 Å². The highest BCUT2D eigenvalue weighted by molar-refractivity contribution is 7.17. The lowest BCUT2D eigenvalue weighted by molar-refractivity contribution is -0.159. The SMILES string of the molecule is C[C@@H](C(=O)OCc1nc2ccsc2c(=O)[nH]1)N1C(=O)[C@@H]2CC=CC[C@H]2C1=O. The first-order valence-electron chi connectivity index (χ1n) is 8.62. The van der Waals surface area contributed by atoms with E-state index < -0.39 is 23.8 Å². The number of fused-ring (bicyclic) bond motifs is 2. The summed E-state index contributed by atoms with van der Waals surface area (Å²) in [6.07, 6.45) is 4.81. The maximum absolute atomic E-state index is 12.5. The van der Waals surface area contributed by atoms with Crippen LogP contribution >= 0.6 is 11.3 Å². The van der Waals surface area contributed by atoms with Crippen LogP contribution in [-0.4, -0.2) is 38.7 Å². The summed E-state index contributed by atoms with van der Waals surface area (Å²) in [5.41, 5.74) is 0.236. The van der Waals surface area contributed by atoms with E-state index in [1.54, 1.807) is 11.4 Å². The Morgan fingerprint density at radius 3 is 2.63 bits per heavy atom. The van der Waals surface area contributed by atoms with Crippen LogP contribution in [-0.2, 0) is 25.7 Å². The highest BCUT2D eigenvalue weighted by Crippen LogP contribution is 2.36. The average molecular weight is 387 g/mol. The number of hydrogen-bond donors (Lipinski definition) is 1. The number of ether oxygens (including phenoxy) is 1. The average Bonchev–Trinajstić information content (AvgIpc) is 3.23. The van der Waals surface area contributed by atoms with E-state index in [1.165, 1.54) is 18.3 Å². The number of nitrogens with one attached hydrogen (secondary N) is 1. The predicted octanol–water partition coefficient (Wildman–Crippen LogP) is 1.37. The summed E-state index contributed by atoms with van der Waals surface area (Å²) in [6.45, 7) is 1.23. The second kappa shape index (κ2) is 6.73. The topological polar surface area (TPSA) is 109 Å². The quantitative estimate of drug-likeness (QED) is 0.482. The van der Waals surface area contributed by atoms with Crippen LogP contribution in [0.2, 0.25) is 0 Å². The lowest BCUT2D eigenvalue weighted by atomic mass is 9.85. The highest BCUT2D eigenvalue weighted by atomic mass is 32.1. The number of esters is 1. The Morgan fingerprint density at radius 2 is 1.96 bits per heavy atom. The summed E-state index contributed by atoms with van der Waals surface area (Å²) < 4.78 is 5.71. The Bertz CT molecular complexity index is 997. The number of carbonyl (C=O) groups excluding carboxylic acids is 3. The molecule has 0 saturated carbocycles. The molecule has 0 radical (unpaired) electrons. The van der Waals surface area contributed by atoms with E-state index in [-0.39, 0.29) is 29.8 Å². The summed E-state index contributed by atoms with van der Waals surface area (Å²) in [5, 5.41) is 1.75. The van der Waals surface area contributed by atoms with Gasteiger partial charge in [-0.3, -0.25) is 19.3 Å². The van der Waals surface area contributed by atoms with Crippen molar-refractivity contribution >= 4 is 39.3 Å². The normalized spacial score (nSPS) is 22.9. The van der Waals surface area contributed by atoms with Crippen molar-refractivity contribution in [2.24, 2.45) is 11.8 Å². The number of aromatic nitrogens is 2. The first kappa shape index (κ1) is 17.6. The van der Waals surface area contributed by atoms with Crippen LogP contribution in [0.4, 0.5) is 0 Å². The van der Waals surface area contributed by atoms with Crippen LogP contribution in [0, 0.1) is 11.8 Å². The fourth-order valence-corrected chi connectivity index (χ4v) is 4.29. The standard InChI is InChI=1S/C18H17N3O5S/c1-9(21-16(23)10-4-2-3-5-11(10)17(21)24)18(25)26-8-13-19-12-6-7-27-14(12)15(22)20-13/h2-3,6-7,9-11H,4-5,8H2,1H3,(H,19,20,22)/t9-,10+,11+/m0/s1. The molecule has 27 heavy (non-hydrogen) atoms. The first-order chi connectivity index (χ1) is 13.0. The van der Waals surface area contributed by atoms with E-state index in [0.717, 1.165) is 4.90 Å². The molecule has 1 aliphatic heterocycles. The number of H-pyrrole nitrogens is 1. The molecular formula is C18H17N3O5S. The molecule has 2 aromatic heterocycles. The second-order valence-corrected chi connectivity index (χ2v) is 7.55. The first-order valence-corrected chi connectivity index (χ1v) is 9.50. The summed E-state index contributed by atoms with van der Waals surface area (Å²) in [6, 6.07) is 0.688. The number of carbonyl (C=O) groups is 3. The van der Waals surface area contributed by atoms with Crippen molar-refractivity contribution in [3.63, 3.8) is 0 Å². The Kier molecular flexibility index (Phi) is 4.39. The zero-order valence-corrected chi connectivity index (χ0v) is 15.3. The number of imide groups is 1. The maximum Gasteiger partial charge on any atom is 0.329 e. The van der Waals surface area contributed by atoms with E-state index in [0.29, 0.717) is 23.1 Å². The van der Waals surface area contributed by atoms with Gasteiger partial charge in [0, 0.05) is 0 Å². The van der Waals surface area contributed by atoms with E-state index in [1.807, 2.05) is 12.2 Å². The molecule has 140 valence electrons. The van der Waals surface area contributed by atoms with Gasteiger partial charge < -0.3 is 9.72 Å². The molecule has 1 N–H and O–H groups in total. The molecule has 3 atom stereocenters. The molecule has 1 fully saturated rings. The monoisotopic (exact) mass is 387 g/mol. The van der Waals surface area contributed by atoms with Crippen molar-refractivity contribution in [2.75, 3.05) is 0 Å². The van der Waals surface area contributed by atoms with Crippen molar-refractivity contribution in [3.8, 4) is 0 Å². The van der Waals surface area contributed by atoms with E-state index in [2.05, 4.69) is 9.97 Å². The minimum absolute atomic E-state index is 0.211. The third-order valence-corrected chi connectivity index (χ3v) is 5.89. The Balaban J connectivity index is 1.45. The smallest absolute Gasteiger partial charge is 0.329 e. The second-order valence-electron chi connectivity index (χ2n) is 6.63. The number of aromatic amines is 1. The summed E-state index contributed by atoms with van der Waals surface area (Å²) in [5.74, 6) is -1.94. The van der Waals surface area contributed by atoms with E-state index in [9.17, 15) is 19.2 Å². The zero-order valence-electron chi connectivity index (χ0n) is 14.5. The van der Waals surface area contributed by atoms with Crippen LogP contribution < -0.4 is 5.56 Å². The minimum Gasteiger partial charge on any atom is -0.456 e. The van der Waals surface area contributed by atoms with Gasteiger partial charge in [-0.05, 0) is 31.2 Å². The van der Waals surface area contributed by atoms with Crippen molar-refractivity contribution < 1.29 is 19.1 Å². The number of nitrogens with zero attached hydrogens (tertiary/aromatic N) is 2. The Hall–Kier alpha value is -2.81. The van der Waals surface area contributed by atoms with Crippen molar-refractivity contribution in [2.45, 2.75) is 32.4 Å². The Labute approximate surface area is 157 Å². The molecule has 8 nitrogen and oxygen atoms in total. The van der Waals surface area contributed by atoms with Crippen LogP contribution in [0.3, 0.4) is 0 Å². The van der Waals surface area contributed by atoms with E-state index in [4.69, 9.17) is 4.74 Å². The number of likely N-dealkylation sites (tertiary alicyclic amines) is 1. The van der Waals surface area contributed by atoms with Crippen LogP contribution in [0.25, 0.3) is 10.2 Å². The molecule has 2 aliphatic rings. The molecule has 1 aliphatic carbocycles. The number of amides is 2. The van der Waals surface area contributed by atoms with Crippen LogP contribution in [0.1, 0.15) is 25.6 Å². The molecule has 1 saturated heterocycles. The van der Waals surface area contributed by atoms with Crippen LogP contribution in [0.5, 0.6) is 0 Å². The minimum atomic E-state index is -1.02. The van der Waals surface area contributed by atoms with Gasteiger partial charge >= 0.3 is 5.97 Å². The van der Waals surface area contributed by atoms with Gasteiger partial charge in [0.2, 0.25) is 11.8 Å². The Morgan fingerprint density at radius 1 is 1.30 bits per heavy atom. The summed E-state index contributed by atoms with van der Waals surface area (Å²) in [4.78, 5) is 57.2. The van der Waals surface area contributed by atoms with Gasteiger partial charge in [0.15, 0.2) is 0 Å². The molecule has 0 spiro atoms. The van der Waals surface area contributed by atoms with Crippen molar-refractivity contribution in [1.82, 2.24) is 14.9 Å².